The molecular formula is C17H22N4. The summed E-state index contributed by atoms with van der Waals surface area (Å²) in [7, 11) is 0. The minimum atomic E-state index is 0.838. The first-order valence-electron chi connectivity index (χ1n) is 7.54. The fourth-order valence-electron chi connectivity index (χ4n) is 2.77. The van der Waals surface area contributed by atoms with Crippen LogP contribution in [0.15, 0.2) is 48.7 Å². The maximum absolute atomic E-state index is 5.86. The van der Waals surface area contributed by atoms with E-state index in [1.807, 2.05) is 24.4 Å². The monoisotopic (exact) mass is 282 g/mol. The molecule has 4 heteroatoms. The predicted molar refractivity (Wildman–Crippen MR) is 87.4 cm³/mol. The molecule has 0 atom stereocenters. The summed E-state index contributed by atoms with van der Waals surface area (Å²) in [5.74, 6) is 0. The smallest absolute Gasteiger partial charge is 0.0416 e. The van der Waals surface area contributed by atoms with Gasteiger partial charge in [-0.1, -0.05) is 12.1 Å². The summed E-state index contributed by atoms with van der Waals surface area (Å²) in [5, 5.41) is 0. The third-order valence-corrected chi connectivity index (χ3v) is 4.02. The summed E-state index contributed by atoms with van der Waals surface area (Å²) in [6, 6.07) is 14.3. The number of nitrogens with zero attached hydrogens (tertiary/aromatic N) is 3. The molecule has 0 radical (unpaired) electrons. The molecular weight excluding hydrogens is 260 g/mol. The molecule has 3 rings (SSSR count). The Hall–Kier alpha value is -2.07. The highest BCUT2D eigenvalue weighted by molar-refractivity contribution is 5.56. The van der Waals surface area contributed by atoms with Gasteiger partial charge in [-0.2, -0.15) is 0 Å². The molecule has 0 bridgehead atoms. The Morgan fingerprint density at radius 2 is 1.86 bits per heavy atom. The van der Waals surface area contributed by atoms with E-state index in [4.69, 9.17) is 5.73 Å². The maximum Gasteiger partial charge on any atom is 0.0416 e. The zero-order valence-corrected chi connectivity index (χ0v) is 12.3. The van der Waals surface area contributed by atoms with Crippen LogP contribution in [0, 0.1) is 0 Å². The average molecular weight is 282 g/mol. The van der Waals surface area contributed by atoms with Gasteiger partial charge in [-0.05, 0) is 30.3 Å². The van der Waals surface area contributed by atoms with Crippen LogP contribution in [0.4, 0.5) is 11.4 Å². The van der Waals surface area contributed by atoms with E-state index in [1.165, 1.54) is 11.4 Å². The second kappa shape index (κ2) is 6.59. The Morgan fingerprint density at radius 3 is 2.57 bits per heavy atom. The molecule has 1 fully saturated rings. The van der Waals surface area contributed by atoms with E-state index in [2.05, 4.69) is 39.0 Å². The lowest BCUT2D eigenvalue weighted by Gasteiger charge is -2.36. The molecule has 4 nitrogen and oxygen atoms in total. The maximum atomic E-state index is 5.86. The first-order chi connectivity index (χ1) is 10.3. The largest absolute Gasteiger partial charge is 0.399 e. The Morgan fingerprint density at radius 1 is 1.00 bits per heavy atom. The van der Waals surface area contributed by atoms with Crippen molar-refractivity contribution >= 4 is 11.4 Å². The van der Waals surface area contributed by atoms with Gasteiger partial charge in [0.25, 0.3) is 0 Å². The molecule has 1 saturated heterocycles. The van der Waals surface area contributed by atoms with Crippen molar-refractivity contribution in [2.24, 2.45) is 0 Å². The molecule has 0 spiro atoms. The van der Waals surface area contributed by atoms with Crippen LogP contribution in [0.3, 0.4) is 0 Å². The van der Waals surface area contributed by atoms with Crippen molar-refractivity contribution in [1.29, 1.82) is 0 Å². The molecule has 0 unspecified atom stereocenters. The minimum absolute atomic E-state index is 0.838. The summed E-state index contributed by atoms with van der Waals surface area (Å²) in [5.41, 5.74) is 9.11. The van der Waals surface area contributed by atoms with Crippen molar-refractivity contribution in [2.75, 3.05) is 43.4 Å². The van der Waals surface area contributed by atoms with Crippen molar-refractivity contribution in [2.45, 2.75) is 6.42 Å². The molecule has 2 aromatic rings. The lowest BCUT2D eigenvalue weighted by molar-refractivity contribution is 0.260. The van der Waals surface area contributed by atoms with E-state index < -0.39 is 0 Å². The van der Waals surface area contributed by atoms with Crippen molar-refractivity contribution < 1.29 is 0 Å². The van der Waals surface area contributed by atoms with Gasteiger partial charge in [-0.25, -0.2) is 0 Å². The van der Waals surface area contributed by atoms with Gasteiger partial charge in [0.1, 0.15) is 0 Å². The Balaban J connectivity index is 1.49. The van der Waals surface area contributed by atoms with Crippen molar-refractivity contribution in [3.8, 4) is 0 Å². The lowest BCUT2D eigenvalue weighted by Crippen LogP contribution is -2.47. The highest BCUT2D eigenvalue weighted by Crippen LogP contribution is 2.19. The summed E-state index contributed by atoms with van der Waals surface area (Å²) in [4.78, 5) is 9.31. The fraction of sp³-hybridized carbons (Fsp3) is 0.353. The third kappa shape index (κ3) is 3.73. The number of anilines is 2. The SMILES string of the molecule is Nc1cccc(N2CCN(CCc3ccccn3)CC2)c1. The molecule has 0 aliphatic carbocycles. The second-order valence-electron chi connectivity index (χ2n) is 5.49. The number of nitrogen functional groups attached to an aromatic ring is 1. The first kappa shape index (κ1) is 13.9. The number of pyridine rings is 1. The van der Waals surface area contributed by atoms with Crippen molar-refractivity contribution in [3.63, 3.8) is 0 Å². The predicted octanol–water partition coefficient (Wildman–Crippen LogP) is 2.03. The zero-order chi connectivity index (χ0) is 14.5. The quantitative estimate of drug-likeness (QED) is 0.872. The topological polar surface area (TPSA) is 45.4 Å². The average Bonchev–Trinajstić information content (AvgIpc) is 2.54. The van der Waals surface area contributed by atoms with Crippen molar-refractivity contribution in [1.82, 2.24) is 9.88 Å². The Bertz CT molecular complexity index is 562. The van der Waals surface area contributed by atoms with E-state index in [1.54, 1.807) is 0 Å². The normalized spacial score (nSPS) is 16.1. The molecule has 2 heterocycles. The molecule has 1 aliphatic heterocycles. The van der Waals surface area contributed by atoms with Crippen molar-refractivity contribution in [3.05, 3.63) is 54.4 Å². The van der Waals surface area contributed by atoms with Crippen LogP contribution in [0.25, 0.3) is 0 Å². The summed E-state index contributed by atoms with van der Waals surface area (Å²) in [6.45, 7) is 5.41. The van der Waals surface area contributed by atoms with Crippen LogP contribution in [-0.4, -0.2) is 42.6 Å². The number of nitrogens with two attached hydrogens (primary N) is 1. The van der Waals surface area contributed by atoms with Crippen LogP contribution in [0.1, 0.15) is 5.69 Å². The van der Waals surface area contributed by atoms with Crippen LogP contribution >= 0.6 is 0 Å². The number of hydrogen-bond acceptors (Lipinski definition) is 4. The van der Waals surface area contributed by atoms with Gasteiger partial charge >= 0.3 is 0 Å². The van der Waals surface area contributed by atoms with Crippen LogP contribution in [0.2, 0.25) is 0 Å². The van der Waals surface area contributed by atoms with Gasteiger partial charge in [-0.15, -0.1) is 0 Å². The van der Waals surface area contributed by atoms with Gasteiger partial charge < -0.3 is 10.6 Å². The van der Waals surface area contributed by atoms with Crippen LogP contribution in [0.5, 0.6) is 0 Å². The highest BCUT2D eigenvalue weighted by atomic mass is 15.3. The van der Waals surface area contributed by atoms with Crippen LogP contribution < -0.4 is 10.6 Å². The lowest BCUT2D eigenvalue weighted by atomic mass is 10.2. The molecule has 110 valence electrons. The molecule has 2 N–H and O–H groups in total. The molecule has 21 heavy (non-hydrogen) atoms. The molecule has 1 aromatic carbocycles. The van der Waals surface area contributed by atoms with E-state index in [9.17, 15) is 0 Å². The second-order valence-corrected chi connectivity index (χ2v) is 5.49. The summed E-state index contributed by atoms with van der Waals surface area (Å²) >= 11 is 0. The van der Waals surface area contributed by atoms with E-state index >= 15 is 0 Å². The number of piperazine rings is 1. The number of aromatic nitrogens is 1. The molecule has 0 amide bonds. The molecule has 1 aromatic heterocycles. The zero-order valence-electron chi connectivity index (χ0n) is 12.3. The fourth-order valence-corrected chi connectivity index (χ4v) is 2.77. The van der Waals surface area contributed by atoms with Gasteiger partial charge in [0.05, 0.1) is 0 Å². The van der Waals surface area contributed by atoms with Gasteiger partial charge in [0, 0.05) is 62.4 Å². The minimum Gasteiger partial charge on any atom is -0.399 e. The van der Waals surface area contributed by atoms with E-state index in [0.717, 1.165) is 44.8 Å². The Labute approximate surface area is 126 Å². The van der Waals surface area contributed by atoms with Gasteiger partial charge in [0.15, 0.2) is 0 Å². The first-order valence-corrected chi connectivity index (χ1v) is 7.54. The van der Waals surface area contributed by atoms with E-state index in [0.29, 0.717) is 0 Å². The van der Waals surface area contributed by atoms with Gasteiger partial charge in [-0.3, -0.25) is 9.88 Å². The molecule has 1 aliphatic rings. The summed E-state index contributed by atoms with van der Waals surface area (Å²) < 4.78 is 0. The standard InChI is InChI=1S/C17H22N4/c18-15-4-3-6-17(14-15)21-12-10-20(11-13-21)9-7-16-5-1-2-8-19-16/h1-6,8,14H,7,9-13,18H2. The summed E-state index contributed by atoms with van der Waals surface area (Å²) in [6.07, 6.45) is 2.90. The van der Waals surface area contributed by atoms with Crippen LogP contribution in [-0.2, 0) is 6.42 Å². The number of benzene rings is 1. The molecule has 0 saturated carbocycles. The third-order valence-electron chi connectivity index (χ3n) is 4.02. The highest BCUT2D eigenvalue weighted by Gasteiger charge is 2.17. The number of hydrogen-bond donors (Lipinski definition) is 1. The van der Waals surface area contributed by atoms with Gasteiger partial charge in [0.2, 0.25) is 0 Å². The van der Waals surface area contributed by atoms with E-state index in [-0.39, 0.29) is 0 Å². The number of rotatable bonds is 4. The Kier molecular flexibility index (Phi) is 4.36.